The number of nitrogens with two attached hydrogens (primary N) is 2. The largest absolute Gasteiger partial charge is 0.423 e. The summed E-state index contributed by atoms with van der Waals surface area (Å²) in [5, 5.41) is 0. The van der Waals surface area contributed by atoms with Gasteiger partial charge in [0.05, 0.1) is 17.7 Å². The number of benzene rings is 2. The van der Waals surface area contributed by atoms with Crippen molar-refractivity contribution in [3.8, 4) is 5.75 Å². The molecule has 130 valence electrons. The summed E-state index contributed by atoms with van der Waals surface area (Å²) in [4.78, 5) is 29.2. The van der Waals surface area contributed by atoms with E-state index in [1.54, 1.807) is 62.6 Å². The second-order valence-electron chi connectivity index (χ2n) is 5.58. The zero-order valence-corrected chi connectivity index (χ0v) is 14.1. The second kappa shape index (κ2) is 7.96. The molecular weight excluding hydrogens is 320 g/mol. The molecule has 0 saturated heterocycles. The Bertz CT molecular complexity index is 777. The first-order chi connectivity index (χ1) is 11.8. The molecule has 0 spiro atoms. The fourth-order valence-electron chi connectivity index (χ4n) is 2.00. The molecule has 25 heavy (non-hydrogen) atoms. The van der Waals surface area contributed by atoms with Gasteiger partial charge >= 0.3 is 5.97 Å². The van der Waals surface area contributed by atoms with Crippen molar-refractivity contribution in [3.05, 3.63) is 59.7 Å². The van der Waals surface area contributed by atoms with E-state index in [-0.39, 0.29) is 11.9 Å². The zero-order valence-electron chi connectivity index (χ0n) is 14.1. The molecule has 1 amide bonds. The number of carbonyl (C=O) groups is 2. The summed E-state index contributed by atoms with van der Waals surface area (Å²) in [7, 11) is 3.41. The maximum atomic E-state index is 12.1. The fourth-order valence-corrected chi connectivity index (χ4v) is 2.00. The molecule has 0 saturated carbocycles. The summed E-state index contributed by atoms with van der Waals surface area (Å²) in [6.07, 6.45) is 0.299. The molecule has 0 aliphatic heterocycles. The normalized spacial score (nSPS) is 10.0. The van der Waals surface area contributed by atoms with Crippen LogP contribution in [0.3, 0.4) is 0 Å². The van der Waals surface area contributed by atoms with Crippen molar-refractivity contribution in [2.75, 3.05) is 14.1 Å². The highest BCUT2D eigenvalue weighted by atomic mass is 16.5. The lowest BCUT2D eigenvalue weighted by molar-refractivity contribution is -0.127. The Balaban J connectivity index is 2.00. The minimum atomic E-state index is -0.492. The van der Waals surface area contributed by atoms with Gasteiger partial charge < -0.3 is 21.1 Å². The van der Waals surface area contributed by atoms with E-state index in [2.05, 4.69) is 4.99 Å². The van der Waals surface area contributed by atoms with Crippen molar-refractivity contribution in [1.82, 2.24) is 4.90 Å². The molecule has 0 bridgehead atoms. The molecule has 7 heteroatoms. The molecule has 4 N–H and O–H groups in total. The van der Waals surface area contributed by atoms with E-state index >= 15 is 0 Å². The van der Waals surface area contributed by atoms with Crippen LogP contribution < -0.4 is 16.2 Å². The molecule has 0 aliphatic carbocycles. The SMILES string of the molecule is CN(C)C(=O)Cc1ccc(OC(=O)c2ccc(N=C(N)N)cc2)cc1. The van der Waals surface area contributed by atoms with Crippen LogP contribution in [0, 0.1) is 0 Å². The van der Waals surface area contributed by atoms with Crippen LogP contribution in [0.1, 0.15) is 15.9 Å². The van der Waals surface area contributed by atoms with E-state index in [1.165, 1.54) is 4.90 Å². The highest BCUT2D eigenvalue weighted by Crippen LogP contribution is 2.17. The quantitative estimate of drug-likeness (QED) is 0.370. The third-order valence-corrected chi connectivity index (χ3v) is 3.35. The van der Waals surface area contributed by atoms with Gasteiger partial charge in [-0.15, -0.1) is 0 Å². The van der Waals surface area contributed by atoms with Crippen molar-refractivity contribution in [1.29, 1.82) is 0 Å². The van der Waals surface area contributed by atoms with Crippen LogP contribution in [-0.4, -0.2) is 36.8 Å². The number of hydrogen-bond acceptors (Lipinski definition) is 4. The van der Waals surface area contributed by atoms with Gasteiger partial charge in [-0.1, -0.05) is 12.1 Å². The zero-order chi connectivity index (χ0) is 18.4. The fraction of sp³-hybridized carbons (Fsp3) is 0.167. The number of likely N-dealkylation sites (N-methyl/N-ethyl adjacent to an activating group) is 1. The maximum Gasteiger partial charge on any atom is 0.343 e. The number of amides is 1. The lowest BCUT2D eigenvalue weighted by Gasteiger charge is -2.10. The maximum absolute atomic E-state index is 12.1. The number of guanidine groups is 1. The van der Waals surface area contributed by atoms with Crippen molar-refractivity contribution in [3.63, 3.8) is 0 Å². The first-order valence-electron chi connectivity index (χ1n) is 7.56. The van der Waals surface area contributed by atoms with Crippen LogP contribution in [0.5, 0.6) is 5.75 Å². The van der Waals surface area contributed by atoms with Crippen LogP contribution in [0.2, 0.25) is 0 Å². The minimum absolute atomic E-state index is 0.00519. The Morgan fingerprint density at radius 3 is 2.12 bits per heavy atom. The van der Waals surface area contributed by atoms with Gasteiger partial charge in [0.15, 0.2) is 5.96 Å². The van der Waals surface area contributed by atoms with Gasteiger partial charge in [0.1, 0.15) is 5.75 Å². The van der Waals surface area contributed by atoms with Gasteiger partial charge in [-0.25, -0.2) is 9.79 Å². The lowest BCUT2D eigenvalue weighted by Crippen LogP contribution is -2.23. The van der Waals surface area contributed by atoms with Crippen molar-refractivity contribution in [2.24, 2.45) is 16.5 Å². The smallest absolute Gasteiger partial charge is 0.343 e. The average Bonchev–Trinajstić information content (AvgIpc) is 2.56. The van der Waals surface area contributed by atoms with Crippen molar-refractivity contribution >= 4 is 23.5 Å². The molecule has 0 fully saturated rings. The predicted molar refractivity (Wildman–Crippen MR) is 95.7 cm³/mol. The molecule has 0 unspecified atom stereocenters. The third-order valence-electron chi connectivity index (χ3n) is 3.35. The van der Waals surface area contributed by atoms with Gasteiger partial charge in [-0.2, -0.15) is 0 Å². The van der Waals surface area contributed by atoms with Crippen LogP contribution in [-0.2, 0) is 11.2 Å². The van der Waals surface area contributed by atoms with Crippen LogP contribution >= 0.6 is 0 Å². The topological polar surface area (TPSA) is 111 Å². The number of carbonyl (C=O) groups excluding carboxylic acids is 2. The van der Waals surface area contributed by atoms with E-state index in [1.807, 2.05) is 0 Å². The number of ether oxygens (including phenoxy) is 1. The highest BCUT2D eigenvalue weighted by Gasteiger charge is 2.10. The number of aliphatic imine (C=N–C) groups is 1. The molecule has 2 aromatic rings. The number of esters is 1. The predicted octanol–water partition coefficient (Wildman–Crippen LogP) is 1.44. The number of hydrogen-bond donors (Lipinski definition) is 2. The molecule has 7 nitrogen and oxygen atoms in total. The van der Waals surface area contributed by atoms with Gasteiger partial charge in [0.2, 0.25) is 5.91 Å². The Kier molecular flexibility index (Phi) is 5.73. The van der Waals surface area contributed by atoms with Crippen molar-refractivity contribution in [2.45, 2.75) is 6.42 Å². The molecule has 0 heterocycles. The number of nitrogens with zero attached hydrogens (tertiary/aromatic N) is 2. The highest BCUT2D eigenvalue weighted by molar-refractivity contribution is 5.91. The molecule has 2 rings (SSSR count). The van der Waals surface area contributed by atoms with Crippen LogP contribution in [0.4, 0.5) is 5.69 Å². The first-order valence-corrected chi connectivity index (χ1v) is 7.56. The molecule has 2 aromatic carbocycles. The van der Waals surface area contributed by atoms with Gasteiger partial charge in [-0.3, -0.25) is 4.79 Å². The van der Waals surface area contributed by atoms with Crippen LogP contribution in [0.25, 0.3) is 0 Å². The standard InChI is InChI=1S/C18H20N4O3/c1-22(2)16(23)11-12-3-9-15(10-4-12)25-17(24)13-5-7-14(8-6-13)21-18(19)20/h3-10H,11H2,1-2H3,(H4,19,20,21). The summed E-state index contributed by atoms with van der Waals surface area (Å²) in [5.74, 6) is -0.138. The Labute approximate surface area is 145 Å². The lowest BCUT2D eigenvalue weighted by atomic mass is 10.1. The molecule has 0 radical (unpaired) electrons. The van der Waals surface area contributed by atoms with Crippen LogP contribution in [0.15, 0.2) is 53.5 Å². The van der Waals surface area contributed by atoms with E-state index in [0.29, 0.717) is 23.4 Å². The molecular formula is C18H20N4O3. The molecule has 0 atom stereocenters. The Hall–Kier alpha value is -3.35. The van der Waals surface area contributed by atoms with E-state index in [0.717, 1.165) is 5.56 Å². The van der Waals surface area contributed by atoms with Crippen molar-refractivity contribution < 1.29 is 14.3 Å². The van der Waals surface area contributed by atoms with Gasteiger partial charge in [0, 0.05) is 14.1 Å². The van der Waals surface area contributed by atoms with Gasteiger partial charge in [-0.05, 0) is 42.0 Å². The van der Waals surface area contributed by atoms with E-state index < -0.39 is 5.97 Å². The second-order valence-corrected chi connectivity index (χ2v) is 5.58. The Morgan fingerprint density at radius 1 is 1.00 bits per heavy atom. The first kappa shape index (κ1) is 18.0. The average molecular weight is 340 g/mol. The summed E-state index contributed by atoms with van der Waals surface area (Å²) in [6.45, 7) is 0. The monoisotopic (exact) mass is 340 g/mol. The number of rotatable bonds is 5. The minimum Gasteiger partial charge on any atom is -0.423 e. The van der Waals surface area contributed by atoms with E-state index in [9.17, 15) is 9.59 Å². The summed E-state index contributed by atoms with van der Waals surface area (Å²) < 4.78 is 5.31. The summed E-state index contributed by atoms with van der Waals surface area (Å²) in [6, 6.07) is 13.2. The summed E-state index contributed by atoms with van der Waals surface area (Å²) in [5.41, 5.74) is 12.4. The molecule has 0 aliphatic rings. The third kappa shape index (κ3) is 5.35. The Morgan fingerprint density at radius 2 is 1.60 bits per heavy atom. The van der Waals surface area contributed by atoms with Gasteiger partial charge in [0.25, 0.3) is 0 Å². The molecule has 0 aromatic heterocycles. The summed E-state index contributed by atoms with van der Waals surface area (Å²) >= 11 is 0. The van der Waals surface area contributed by atoms with E-state index in [4.69, 9.17) is 16.2 Å².